The summed E-state index contributed by atoms with van der Waals surface area (Å²) < 4.78 is 49.7. The van der Waals surface area contributed by atoms with Crippen LogP contribution in [0.5, 0.6) is 23.3 Å². The second kappa shape index (κ2) is 7.80. The van der Waals surface area contributed by atoms with Gasteiger partial charge in [-0.05, 0) is 25.0 Å². The predicted octanol–water partition coefficient (Wildman–Crippen LogP) is 1.49. The smallest absolute Gasteiger partial charge is 0.278 e. The molecule has 0 saturated carbocycles. The van der Waals surface area contributed by atoms with Gasteiger partial charge in [0.1, 0.15) is 19.3 Å². The zero-order valence-electron chi connectivity index (χ0n) is 15.4. The summed E-state index contributed by atoms with van der Waals surface area (Å²) in [5, 5.41) is 0. The first kappa shape index (κ1) is 18.8. The number of fused-ring (bicyclic) bond motifs is 1. The third kappa shape index (κ3) is 3.69. The molecule has 0 N–H and O–H groups in total. The molecule has 150 valence electrons. The van der Waals surface area contributed by atoms with Crippen LogP contribution < -0.4 is 18.9 Å². The van der Waals surface area contributed by atoms with Gasteiger partial charge in [-0.3, -0.25) is 0 Å². The van der Waals surface area contributed by atoms with Crippen molar-refractivity contribution in [3.8, 4) is 23.3 Å². The van der Waals surface area contributed by atoms with Crippen LogP contribution in [0.4, 0.5) is 0 Å². The molecule has 0 aliphatic carbocycles. The van der Waals surface area contributed by atoms with E-state index >= 15 is 0 Å². The number of nitrogens with zero attached hydrogens (tertiary/aromatic N) is 3. The highest BCUT2D eigenvalue weighted by atomic mass is 32.2. The van der Waals surface area contributed by atoms with E-state index in [1.165, 1.54) is 29.9 Å². The van der Waals surface area contributed by atoms with E-state index in [0.29, 0.717) is 44.1 Å². The molecule has 0 spiro atoms. The standard InChI is InChI=1S/C18H21N3O6S/c1-24-17-18(20-7-6-19-17)27-13-3-2-8-21(12-13)28(22,23)14-4-5-15-16(11-14)26-10-9-25-15/h4-7,11,13H,2-3,8-10,12H2,1H3. The van der Waals surface area contributed by atoms with Crippen molar-refractivity contribution in [2.75, 3.05) is 33.4 Å². The molecule has 9 nitrogen and oxygen atoms in total. The minimum absolute atomic E-state index is 0.175. The number of hydrogen-bond acceptors (Lipinski definition) is 8. The Bertz CT molecular complexity index is 952. The molecule has 3 heterocycles. The molecule has 28 heavy (non-hydrogen) atoms. The molecule has 1 aromatic carbocycles. The second-order valence-corrected chi connectivity index (χ2v) is 8.36. The van der Waals surface area contributed by atoms with E-state index in [1.807, 2.05) is 0 Å². The van der Waals surface area contributed by atoms with Crippen LogP contribution >= 0.6 is 0 Å². The largest absolute Gasteiger partial charge is 0.486 e. The fraction of sp³-hybridized carbons (Fsp3) is 0.444. The summed E-state index contributed by atoms with van der Waals surface area (Å²) in [6, 6.07) is 4.68. The summed E-state index contributed by atoms with van der Waals surface area (Å²) in [6.07, 6.45) is 4.06. The third-order valence-electron chi connectivity index (χ3n) is 4.60. The average Bonchev–Trinajstić information content (AvgIpc) is 2.74. The normalized spacial score (nSPS) is 19.8. The van der Waals surface area contributed by atoms with Crippen molar-refractivity contribution in [2.45, 2.75) is 23.8 Å². The van der Waals surface area contributed by atoms with Gasteiger partial charge < -0.3 is 18.9 Å². The summed E-state index contributed by atoms with van der Waals surface area (Å²) >= 11 is 0. The SMILES string of the molecule is COc1nccnc1OC1CCCN(S(=O)(=O)c2ccc3c(c2)OCCO3)C1. The van der Waals surface area contributed by atoms with Crippen molar-refractivity contribution in [1.82, 2.24) is 14.3 Å². The van der Waals surface area contributed by atoms with E-state index in [4.69, 9.17) is 18.9 Å². The molecule has 2 aliphatic heterocycles. The number of hydrogen-bond donors (Lipinski definition) is 0. The molecule has 0 radical (unpaired) electrons. The lowest BCUT2D eigenvalue weighted by Gasteiger charge is -2.32. The predicted molar refractivity (Wildman–Crippen MR) is 98.4 cm³/mol. The summed E-state index contributed by atoms with van der Waals surface area (Å²) in [5.74, 6) is 1.53. The van der Waals surface area contributed by atoms with E-state index in [-0.39, 0.29) is 29.3 Å². The van der Waals surface area contributed by atoms with Gasteiger partial charge >= 0.3 is 0 Å². The highest BCUT2D eigenvalue weighted by Gasteiger charge is 2.32. The Hall–Kier alpha value is -2.59. The van der Waals surface area contributed by atoms with Crippen LogP contribution in [0.15, 0.2) is 35.5 Å². The van der Waals surface area contributed by atoms with Crippen LogP contribution in [0.1, 0.15) is 12.8 Å². The fourth-order valence-electron chi connectivity index (χ4n) is 3.24. The molecule has 2 aliphatic rings. The molecule has 4 rings (SSSR count). The Morgan fingerprint density at radius 1 is 1.11 bits per heavy atom. The topological polar surface area (TPSA) is 100 Å². The van der Waals surface area contributed by atoms with Crippen LogP contribution in [0.3, 0.4) is 0 Å². The molecule has 1 aromatic heterocycles. The Morgan fingerprint density at radius 3 is 2.64 bits per heavy atom. The van der Waals surface area contributed by atoms with E-state index in [2.05, 4.69) is 9.97 Å². The van der Waals surface area contributed by atoms with E-state index in [1.54, 1.807) is 12.1 Å². The Balaban J connectivity index is 1.52. The maximum absolute atomic E-state index is 13.1. The van der Waals surface area contributed by atoms with Crippen molar-refractivity contribution < 1.29 is 27.4 Å². The number of ether oxygens (including phenoxy) is 4. The summed E-state index contributed by atoms with van der Waals surface area (Å²) in [4.78, 5) is 8.36. The monoisotopic (exact) mass is 407 g/mol. The van der Waals surface area contributed by atoms with Gasteiger partial charge in [0.15, 0.2) is 11.5 Å². The van der Waals surface area contributed by atoms with Gasteiger partial charge in [-0.25, -0.2) is 18.4 Å². The van der Waals surface area contributed by atoms with Crippen LogP contribution in [0.25, 0.3) is 0 Å². The zero-order valence-corrected chi connectivity index (χ0v) is 16.2. The molecule has 2 aromatic rings. The minimum atomic E-state index is -3.69. The van der Waals surface area contributed by atoms with Crippen molar-refractivity contribution in [3.63, 3.8) is 0 Å². The van der Waals surface area contributed by atoms with E-state index < -0.39 is 10.0 Å². The Kier molecular flexibility index (Phi) is 5.23. The Morgan fingerprint density at radius 2 is 1.86 bits per heavy atom. The molecule has 10 heteroatoms. The maximum Gasteiger partial charge on any atom is 0.278 e. The molecule has 1 fully saturated rings. The average molecular weight is 407 g/mol. The third-order valence-corrected chi connectivity index (χ3v) is 6.46. The van der Waals surface area contributed by atoms with Crippen LogP contribution in [0.2, 0.25) is 0 Å². The first-order chi connectivity index (χ1) is 13.6. The lowest BCUT2D eigenvalue weighted by Crippen LogP contribution is -2.44. The molecular weight excluding hydrogens is 386 g/mol. The first-order valence-corrected chi connectivity index (χ1v) is 10.4. The van der Waals surface area contributed by atoms with Crippen molar-refractivity contribution in [2.24, 2.45) is 0 Å². The van der Waals surface area contributed by atoms with E-state index in [0.717, 1.165) is 0 Å². The molecule has 1 atom stereocenters. The highest BCUT2D eigenvalue weighted by Crippen LogP contribution is 2.34. The summed E-state index contributed by atoms with van der Waals surface area (Å²) in [6.45, 7) is 1.50. The highest BCUT2D eigenvalue weighted by molar-refractivity contribution is 7.89. The van der Waals surface area contributed by atoms with E-state index in [9.17, 15) is 8.42 Å². The van der Waals surface area contributed by atoms with Crippen molar-refractivity contribution >= 4 is 10.0 Å². The van der Waals surface area contributed by atoms with Crippen molar-refractivity contribution in [1.29, 1.82) is 0 Å². The second-order valence-electron chi connectivity index (χ2n) is 6.42. The van der Waals surface area contributed by atoms with Crippen LogP contribution in [-0.2, 0) is 10.0 Å². The van der Waals surface area contributed by atoms with Gasteiger partial charge in [0.2, 0.25) is 10.0 Å². The number of benzene rings is 1. The van der Waals surface area contributed by atoms with Gasteiger partial charge in [-0.2, -0.15) is 4.31 Å². The zero-order chi connectivity index (χ0) is 19.6. The lowest BCUT2D eigenvalue weighted by molar-refractivity contribution is 0.119. The molecule has 1 saturated heterocycles. The fourth-order valence-corrected chi connectivity index (χ4v) is 4.77. The quantitative estimate of drug-likeness (QED) is 0.735. The first-order valence-electron chi connectivity index (χ1n) is 8.99. The maximum atomic E-state index is 13.1. The van der Waals surface area contributed by atoms with Crippen LogP contribution in [-0.4, -0.2) is 62.2 Å². The molecule has 0 bridgehead atoms. The Labute approximate surface area is 163 Å². The molecular formula is C18H21N3O6S. The molecule has 1 unspecified atom stereocenters. The number of methoxy groups -OCH3 is 1. The van der Waals surface area contributed by atoms with Crippen molar-refractivity contribution in [3.05, 3.63) is 30.6 Å². The number of piperidine rings is 1. The summed E-state index contributed by atoms with van der Waals surface area (Å²) in [5.41, 5.74) is 0. The molecule has 0 amide bonds. The number of aromatic nitrogens is 2. The van der Waals surface area contributed by atoms with Gasteiger partial charge in [0, 0.05) is 25.0 Å². The lowest BCUT2D eigenvalue weighted by atomic mass is 10.1. The van der Waals surface area contributed by atoms with Gasteiger partial charge in [-0.1, -0.05) is 0 Å². The van der Waals surface area contributed by atoms with Crippen LogP contribution in [0, 0.1) is 0 Å². The minimum Gasteiger partial charge on any atom is -0.486 e. The number of sulfonamides is 1. The van der Waals surface area contributed by atoms with Gasteiger partial charge in [-0.15, -0.1) is 0 Å². The van der Waals surface area contributed by atoms with Gasteiger partial charge in [0.25, 0.3) is 11.8 Å². The van der Waals surface area contributed by atoms with Gasteiger partial charge in [0.05, 0.1) is 18.6 Å². The number of rotatable bonds is 5. The summed E-state index contributed by atoms with van der Waals surface area (Å²) in [7, 11) is -2.20.